The monoisotopic (exact) mass is 520 g/mol. The van der Waals surface area contributed by atoms with E-state index < -0.39 is 29.3 Å². The van der Waals surface area contributed by atoms with Crippen molar-refractivity contribution in [1.82, 2.24) is 14.9 Å². The van der Waals surface area contributed by atoms with Crippen LogP contribution >= 0.6 is 0 Å². The molecule has 0 N–H and O–H groups in total. The lowest BCUT2D eigenvalue weighted by Gasteiger charge is -2.32. The standard InChI is InChI=1S/C25H21F5N4O3/c26-17-4-5-21(19(27)13-17)37-22-18-14-34(23(35)15-2-1-3-16(12-15)25(28,29)30)7-6-20(18)31-24(32-22)33-8-10-36-11-9-33/h1-5,12-13H,6-11,14H2. The van der Waals surface area contributed by atoms with Crippen molar-refractivity contribution >= 4 is 11.9 Å². The van der Waals surface area contributed by atoms with Crippen molar-refractivity contribution in [3.8, 4) is 11.6 Å². The number of benzene rings is 2. The molecule has 0 radical (unpaired) electrons. The number of anilines is 1. The number of fused-ring (bicyclic) bond motifs is 1. The first-order chi connectivity index (χ1) is 17.7. The van der Waals surface area contributed by atoms with Gasteiger partial charge in [0.15, 0.2) is 11.6 Å². The predicted molar refractivity (Wildman–Crippen MR) is 121 cm³/mol. The van der Waals surface area contributed by atoms with Gasteiger partial charge in [-0.3, -0.25) is 4.79 Å². The third kappa shape index (κ3) is 5.33. The lowest BCUT2D eigenvalue weighted by atomic mass is 10.0. The van der Waals surface area contributed by atoms with E-state index in [4.69, 9.17) is 9.47 Å². The molecule has 7 nitrogen and oxygen atoms in total. The number of hydrogen-bond acceptors (Lipinski definition) is 6. The van der Waals surface area contributed by atoms with Crippen molar-refractivity contribution in [2.45, 2.75) is 19.1 Å². The van der Waals surface area contributed by atoms with Crippen LogP contribution in [0, 0.1) is 11.6 Å². The number of rotatable bonds is 4. The van der Waals surface area contributed by atoms with Crippen LogP contribution in [0.5, 0.6) is 11.6 Å². The number of carbonyl (C=O) groups excluding carboxylic acids is 1. The Labute approximate surface area is 208 Å². The second-order valence-electron chi connectivity index (χ2n) is 8.59. The summed E-state index contributed by atoms with van der Waals surface area (Å²) in [6.07, 6.45) is -4.31. The van der Waals surface area contributed by atoms with E-state index in [0.29, 0.717) is 49.6 Å². The smallest absolute Gasteiger partial charge is 0.416 e. The SMILES string of the molecule is O=C(c1cccc(C(F)(F)F)c1)N1CCc2nc(N3CCOCC3)nc(Oc3ccc(F)cc3F)c2C1. The number of nitrogens with zero attached hydrogens (tertiary/aromatic N) is 4. The van der Waals surface area contributed by atoms with Crippen LogP contribution in [-0.2, 0) is 23.9 Å². The van der Waals surface area contributed by atoms with Gasteiger partial charge in [0.2, 0.25) is 11.8 Å². The Hall–Kier alpha value is -3.80. The van der Waals surface area contributed by atoms with Gasteiger partial charge in [-0.15, -0.1) is 0 Å². The van der Waals surface area contributed by atoms with Gasteiger partial charge in [-0.1, -0.05) is 6.07 Å². The van der Waals surface area contributed by atoms with E-state index in [1.807, 2.05) is 4.90 Å². The molecule has 37 heavy (non-hydrogen) atoms. The van der Waals surface area contributed by atoms with Crippen molar-refractivity contribution in [2.24, 2.45) is 0 Å². The van der Waals surface area contributed by atoms with Crippen LogP contribution in [0.25, 0.3) is 0 Å². The lowest BCUT2D eigenvalue weighted by Crippen LogP contribution is -2.39. The van der Waals surface area contributed by atoms with Gasteiger partial charge < -0.3 is 19.3 Å². The number of aromatic nitrogens is 2. The van der Waals surface area contributed by atoms with Crippen LogP contribution < -0.4 is 9.64 Å². The maximum Gasteiger partial charge on any atom is 0.416 e. The molecule has 0 unspecified atom stereocenters. The molecule has 0 aliphatic carbocycles. The van der Waals surface area contributed by atoms with Crippen molar-refractivity contribution in [2.75, 3.05) is 37.7 Å². The minimum atomic E-state index is -4.59. The zero-order valence-electron chi connectivity index (χ0n) is 19.4. The summed E-state index contributed by atoms with van der Waals surface area (Å²) in [5.74, 6) is -2.25. The summed E-state index contributed by atoms with van der Waals surface area (Å²) in [7, 11) is 0. The Balaban J connectivity index is 1.48. The highest BCUT2D eigenvalue weighted by atomic mass is 19.4. The fourth-order valence-corrected chi connectivity index (χ4v) is 4.21. The predicted octanol–water partition coefficient (Wildman–Crippen LogP) is 4.60. The number of carbonyl (C=O) groups is 1. The largest absolute Gasteiger partial charge is 0.435 e. The molecule has 194 valence electrons. The Morgan fingerprint density at radius 3 is 2.51 bits per heavy atom. The summed E-state index contributed by atoms with van der Waals surface area (Å²) in [6.45, 7) is 2.15. The van der Waals surface area contributed by atoms with Crippen LogP contribution in [-0.4, -0.2) is 53.6 Å². The topological polar surface area (TPSA) is 67.8 Å². The van der Waals surface area contributed by atoms with Gasteiger partial charge in [-0.25, -0.2) is 13.8 Å². The van der Waals surface area contributed by atoms with Crippen LogP contribution in [0.2, 0.25) is 0 Å². The van der Waals surface area contributed by atoms with E-state index in [-0.39, 0.29) is 36.7 Å². The third-order valence-corrected chi connectivity index (χ3v) is 6.13. The number of alkyl halides is 3. The highest BCUT2D eigenvalue weighted by Gasteiger charge is 2.33. The normalized spacial score (nSPS) is 15.9. The highest BCUT2D eigenvalue weighted by Crippen LogP contribution is 2.34. The average molecular weight is 520 g/mol. The molecule has 1 fully saturated rings. The van der Waals surface area contributed by atoms with Crippen molar-refractivity contribution in [3.63, 3.8) is 0 Å². The van der Waals surface area contributed by atoms with Gasteiger partial charge in [0.25, 0.3) is 5.91 Å². The molecule has 12 heteroatoms. The lowest BCUT2D eigenvalue weighted by molar-refractivity contribution is -0.137. The van der Waals surface area contributed by atoms with Crippen LogP contribution in [0.1, 0.15) is 27.2 Å². The minimum Gasteiger partial charge on any atom is -0.435 e. The molecule has 0 bridgehead atoms. The van der Waals surface area contributed by atoms with Gasteiger partial charge >= 0.3 is 6.18 Å². The summed E-state index contributed by atoms with van der Waals surface area (Å²) in [5.41, 5.74) is -0.0735. The molecule has 1 amide bonds. The summed E-state index contributed by atoms with van der Waals surface area (Å²) in [5, 5.41) is 0. The van der Waals surface area contributed by atoms with Crippen LogP contribution in [0.15, 0.2) is 42.5 Å². The molecule has 0 atom stereocenters. The number of morpholine rings is 1. The molecule has 2 aliphatic rings. The van der Waals surface area contributed by atoms with Crippen molar-refractivity contribution in [3.05, 3.63) is 76.5 Å². The van der Waals surface area contributed by atoms with Crippen molar-refractivity contribution in [1.29, 1.82) is 0 Å². The van der Waals surface area contributed by atoms with Gasteiger partial charge in [-0.2, -0.15) is 18.2 Å². The number of halogens is 5. The maximum atomic E-state index is 14.4. The van der Waals surface area contributed by atoms with Crippen LogP contribution in [0.4, 0.5) is 27.9 Å². The third-order valence-electron chi connectivity index (χ3n) is 6.13. The fraction of sp³-hybridized carbons (Fsp3) is 0.320. The van der Waals surface area contributed by atoms with E-state index in [0.717, 1.165) is 24.3 Å². The number of ether oxygens (including phenoxy) is 2. The molecule has 3 heterocycles. The highest BCUT2D eigenvalue weighted by molar-refractivity contribution is 5.94. The van der Waals surface area contributed by atoms with Gasteiger partial charge in [-0.05, 0) is 30.3 Å². The first kappa shape index (κ1) is 24.9. The van der Waals surface area contributed by atoms with Gasteiger partial charge in [0.1, 0.15) is 5.82 Å². The molecule has 2 aliphatic heterocycles. The van der Waals surface area contributed by atoms with Crippen LogP contribution in [0.3, 0.4) is 0 Å². The Morgan fingerprint density at radius 2 is 1.78 bits per heavy atom. The molecule has 2 aromatic carbocycles. The van der Waals surface area contributed by atoms with Crippen molar-refractivity contribution < 1.29 is 36.2 Å². The van der Waals surface area contributed by atoms with Gasteiger partial charge in [0.05, 0.1) is 36.6 Å². The first-order valence-corrected chi connectivity index (χ1v) is 11.5. The fourth-order valence-electron chi connectivity index (χ4n) is 4.21. The quantitative estimate of drug-likeness (QED) is 0.469. The summed E-state index contributed by atoms with van der Waals surface area (Å²) in [6, 6.07) is 7.04. The number of hydrogen-bond donors (Lipinski definition) is 0. The molecule has 5 rings (SSSR count). The van der Waals surface area contributed by atoms with E-state index in [2.05, 4.69) is 9.97 Å². The minimum absolute atomic E-state index is 0.0152. The number of amides is 1. The zero-order chi connectivity index (χ0) is 26.2. The summed E-state index contributed by atoms with van der Waals surface area (Å²) < 4.78 is 78.4. The van der Waals surface area contributed by atoms with Gasteiger partial charge in [0, 0.05) is 37.7 Å². The molecule has 1 aromatic heterocycles. The van der Waals surface area contributed by atoms with E-state index in [1.54, 1.807) is 0 Å². The molecule has 0 spiro atoms. The second-order valence-corrected chi connectivity index (χ2v) is 8.59. The van der Waals surface area contributed by atoms with E-state index >= 15 is 0 Å². The zero-order valence-corrected chi connectivity index (χ0v) is 19.4. The maximum absolute atomic E-state index is 14.4. The Kier molecular flexibility index (Phi) is 6.67. The molecule has 3 aromatic rings. The average Bonchev–Trinajstić information content (AvgIpc) is 2.89. The molecular formula is C25H21F5N4O3. The molecule has 1 saturated heterocycles. The Bertz CT molecular complexity index is 1330. The van der Waals surface area contributed by atoms with E-state index in [9.17, 15) is 26.7 Å². The molecule has 0 saturated carbocycles. The first-order valence-electron chi connectivity index (χ1n) is 11.5. The summed E-state index contributed by atoms with van der Waals surface area (Å²) >= 11 is 0. The molecular weight excluding hydrogens is 499 g/mol. The second kappa shape index (κ2) is 9.92. The Morgan fingerprint density at radius 1 is 1.00 bits per heavy atom. The van der Waals surface area contributed by atoms with E-state index in [1.165, 1.54) is 17.0 Å². The summed E-state index contributed by atoms with van der Waals surface area (Å²) in [4.78, 5) is 25.5.